The minimum Gasteiger partial charge on any atom is -0.463 e. The molecular formula is C21H16O6. The third-order valence-electron chi connectivity index (χ3n) is 3.90. The van der Waals surface area contributed by atoms with Crippen molar-refractivity contribution >= 4 is 17.7 Å². The van der Waals surface area contributed by atoms with Gasteiger partial charge in [-0.25, -0.2) is 9.59 Å². The van der Waals surface area contributed by atoms with Gasteiger partial charge in [-0.15, -0.1) is 0 Å². The van der Waals surface area contributed by atoms with E-state index in [0.29, 0.717) is 22.3 Å². The van der Waals surface area contributed by atoms with Gasteiger partial charge in [0.15, 0.2) is 5.78 Å². The fraction of sp³-hybridized carbons (Fsp3) is 0.0952. The molecule has 0 radical (unpaired) electrons. The van der Waals surface area contributed by atoms with E-state index < -0.39 is 11.9 Å². The zero-order chi connectivity index (χ0) is 19.2. The summed E-state index contributed by atoms with van der Waals surface area (Å²) in [5.74, 6) is -1.36. The van der Waals surface area contributed by atoms with Crippen molar-refractivity contribution in [1.82, 2.24) is 0 Å². The van der Waals surface area contributed by atoms with Gasteiger partial charge in [0.1, 0.15) is 6.61 Å². The number of carbonyl (C=O) groups is 3. The number of ether oxygens (including phenoxy) is 2. The number of methoxy groups -OCH3 is 1. The van der Waals surface area contributed by atoms with Crippen LogP contribution in [0.15, 0.2) is 71.3 Å². The molecule has 2 aromatic carbocycles. The van der Waals surface area contributed by atoms with E-state index >= 15 is 0 Å². The fourth-order valence-electron chi connectivity index (χ4n) is 2.46. The van der Waals surface area contributed by atoms with E-state index in [2.05, 4.69) is 4.74 Å². The predicted molar refractivity (Wildman–Crippen MR) is 95.5 cm³/mol. The summed E-state index contributed by atoms with van der Waals surface area (Å²) in [4.78, 5) is 36.1. The van der Waals surface area contributed by atoms with Crippen molar-refractivity contribution in [3.63, 3.8) is 0 Å². The molecule has 27 heavy (non-hydrogen) atoms. The van der Waals surface area contributed by atoms with Crippen molar-refractivity contribution in [2.45, 2.75) is 6.61 Å². The molecule has 0 aliphatic rings. The second kappa shape index (κ2) is 8.14. The van der Waals surface area contributed by atoms with Gasteiger partial charge in [0.05, 0.1) is 18.9 Å². The Labute approximate surface area is 155 Å². The van der Waals surface area contributed by atoms with Crippen molar-refractivity contribution in [2.75, 3.05) is 7.11 Å². The topological polar surface area (TPSA) is 82.8 Å². The van der Waals surface area contributed by atoms with Gasteiger partial charge >= 0.3 is 11.9 Å². The lowest BCUT2D eigenvalue weighted by molar-refractivity contribution is 0.0453. The largest absolute Gasteiger partial charge is 0.463 e. The minimum atomic E-state index is -0.644. The molecule has 0 amide bonds. The highest BCUT2D eigenvalue weighted by Gasteiger charge is 2.18. The second-order valence-corrected chi connectivity index (χ2v) is 5.62. The van der Waals surface area contributed by atoms with Crippen molar-refractivity contribution < 1.29 is 28.3 Å². The molecule has 3 aromatic rings. The molecule has 6 heteroatoms. The number of furan rings is 1. The molecule has 0 atom stereocenters. The average molecular weight is 364 g/mol. The van der Waals surface area contributed by atoms with Gasteiger partial charge in [-0.3, -0.25) is 4.79 Å². The van der Waals surface area contributed by atoms with E-state index in [1.807, 2.05) is 6.07 Å². The third kappa shape index (κ3) is 4.12. The molecule has 1 heterocycles. The zero-order valence-electron chi connectivity index (χ0n) is 14.5. The molecule has 0 fully saturated rings. The Morgan fingerprint density at radius 3 is 2.11 bits per heavy atom. The van der Waals surface area contributed by atoms with Crippen LogP contribution in [0, 0.1) is 0 Å². The Bertz CT molecular complexity index is 954. The average Bonchev–Trinajstić information content (AvgIpc) is 3.20. The van der Waals surface area contributed by atoms with Crippen LogP contribution in [0.2, 0.25) is 0 Å². The first-order chi connectivity index (χ1) is 13.1. The molecule has 0 spiro atoms. The molecule has 0 N–H and O–H groups in total. The van der Waals surface area contributed by atoms with Crippen LogP contribution in [0.25, 0.3) is 0 Å². The summed E-state index contributed by atoms with van der Waals surface area (Å²) in [6.45, 7) is -0.134. The number of rotatable bonds is 6. The fourth-order valence-corrected chi connectivity index (χ4v) is 2.46. The van der Waals surface area contributed by atoms with Crippen LogP contribution >= 0.6 is 0 Å². The van der Waals surface area contributed by atoms with Gasteiger partial charge in [0, 0.05) is 16.7 Å². The Morgan fingerprint density at radius 1 is 0.815 bits per heavy atom. The molecule has 136 valence electrons. The van der Waals surface area contributed by atoms with Gasteiger partial charge < -0.3 is 13.9 Å². The van der Waals surface area contributed by atoms with Crippen LogP contribution < -0.4 is 0 Å². The Kier molecular flexibility index (Phi) is 5.47. The van der Waals surface area contributed by atoms with Crippen molar-refractivity contribution in [2.24, 2.45) is 0 Å². The number of hydrogen-bond donors (Lipinski definition) is 0. The summed E-state index contributed by atoms with van der Waals surface area (Å²) in [5, 5.41) is 0. The van der Waals surface area contributed by atoms with Gasteiger partial charge in [-0.05, 0) is 18.2 Å². The summed E-state index contributed by atoms with van der Waals surface area (Å²) in [6.07, 6.45) is 1.32. The van der Waals surface area contributed by atoms with Gasteiger partial charge in [-0.2, -0.15) is 0 Å². The number of carbonyl (C=O) groups excluding carboxylic acids is 3. The molecule has 0 aliphatic heterocycles. The van der Waals surface area contributed by atoms with Crippen LogP contribution in [-0.4, -0.2) is 24.8 Å². The Balaban J connectivity index is 1.65. The standard InChI is InChI=1S/C21H16O6/c1-25-21(24)19-17(11-12-26-19)13-27-20(23)16-9-7-15(8-10-16)18(22)14-5-3-2-4-6-14/h2-12H,13H2,1H3. The molecule has 0 aliphatic carbocycles. The van der Waals surface area contributed by atoms with E-state index in [1.54, 1.807) is 36.4 Å². The van der Waals surface area contributed by atoms with E-state index in [9.17, 15) is 14.4 Å². The lowest BCUT2D eigenvalue weighted by Crippen LogP contribution is -2.09. The number of hydrogen-bond acceptors (Lipinski definition) is 6. The summed E-state index contributed by atoms with van der Waals surface area (Å²) in [6, 6.07) is 16.6. The summed E-state index contributed by atoms with van der Waals surface area (Å²) in [7, 11) is 1.24. The molecule has 0 saturated heterocycles. The normalized spacial score (nSPS) is 10.3. The SMILES string of the molecule is COC(=O)c1occc1COC(=O)c1ccc(C(=O)c2ccccc2)cc1. The summed E-state index contributed by atoms with van der Waals surface area (Å²) < 4.78 is 14.8. The smallest absolute Gasteiger partial charge is 0.374 e. The highest BCUT2D eigenvalue weighted by atomic mass is 16.5. The summed E-state index contributed by atoms with van der Waals surface area (Å²) in [5.41, 5.74) is 1.75. The molecule has 0 saturated carbocycles. The first-order valence-corrected chi connectivity index (χ1v) is 8.11. The van der Waals surface area contributed by atoms with E-state index in [0.717, 1.165) is 0 Å². The minimum absolute atomic E-state index is 0.00546. The third-order valence-corrected chi connectivity index (χ3v) is 3.90. The molecule has 0 unspecified atom stereocenters. The van der Waals surface area contributed by atoms with Gasteiger partial charge in [0.25, 0.3) is 0 Å². The van der Waals surface area contributed by atoms with Gasteiger partial charge in [-0.1, -0.05) is 42.5 Å². The Hall–Kier alpha value is -3.67. The maximum Gasteiger partial charge on any atom is 0.374 e. The monoisotopic (exact) mass is 364 g/mol. The van der Waals surface area contributed by atoms with Crippen molar-refractivity contribution in [1.29, 1.82) is 0 Å². The molecule has 0 bridgehead atoms. The maximum atomic E-state index is 12.4. The van der Waals surface area contributed by atoms with Crippen LogP contribution in [0.1, 0.15) is 42.4 Å². The van der Waals surface area contributed by atoms with E-state index in [4.69, 9.17) is 9.15 Å². The van der Waals surface area contributed by atoms with Crippen molar-refractivity contribution in [3.05, 3.63) is 94.9 Å². The predicted octanol–water partition coefficient (Wildman–Crippen LogP) is 3.65. The molecule has 1 aromatic heterocycles. The zero-order valence-corrected chi connectivity index (χ0v) is 14.5. The first-order valence-electron chi connectivity index (χ1n) is 8.11. The van der Waals surface area contributed by atoms with E-state index in [1.165, 1.54) is 31.6 Å². The van der Waals surface area contributed by atoms with Crippen LogP contribution in [-0.2, 0) is 16.1 Å². The highest BCUT2D eigenvalue weighted by Crippen LogP contribution is 2.15. The van der Waals surface area contributed by atoms with Gasteiger partial charge in [0.2, 0.25) is 5.76 Å². The summed E-state index contributed by atoms with van der Waals surface area (Å²) >= 11 is 0. The quantitative estimate of drug-likeness (QED) is 0.490. The van der Waals surface area contributed by atoms with Crippen LogP contribution in [0.5, 0.6) is 0 Å². The van der Waals surface area contributed by atoms with Crippen LogP contribution in [0.3, 0.4) is 0 Å². The van der Waals surface area contributed by atoms with Crippen LogP contribution in [0.4, 0.5) is 0 Å². The first kappa shape index (κ1) is 18.1. The molecular weight excluding hydrogens is 348 g/mol. The number of esters is 2. The molecule has 6 nitrogen and oxygen atoms in total. The Morgan fingerprint density at radius 2 is 1.44 bits per heavy atom. The van der Waals surface area contributed by atoms with Crippen molar-refractivity contribution in [3.8, 4) is 0 Å². The molecule has 3 rings (SSSR count). The lowest BCUT2D eigenvalue weighted by atomic mass is 10.0. The lowest BCUT2D eigenvalue weighted by Gasteiger charge is -2.06. The number of ketones is 1. The second-order valence-electron chi connectivity index (χ2n) is 5.62. The van der Waals surface area contributed by atoms with E-state index in [-0.39, 0.29) is 18.2 Å². The maximum absolute atomic E-state index is 12.4. The highest BCUT2D eigenvalue weighted by molar-refractivity contribution is 6.09. The number of benzene rings is 2.